The van der Waals surface area contributed by atoms with Crippen molar-refractivity contribution < 1.29 is 23.2 Å². The van der Waals surface area contributed by atoms with E-state index in [1.165, 1.54) is 4.90 Å². The molecule has 3 heterocycles. The van der Waals surface area contributed by atoms with Crippen molar-refractivity contribution in [2.24, 2.45) is 0 Å². The molecule has 1 fully saturated rings. The van der Waals surface area contributed by atoms with Gasteiger partial charge in [0.25, 0.3) is 11.8 Å². The molecular weight excluding hydrogens is 458 g/mol. The van der Waals surface area contributed by atoms with Gasteiger partial charge < -0.3 is 23.8 Å². The predicted molar refractivity (Wildman–Crippen MR) is 135 cm³/mol. The number of nitrogens with zero attached hydrogens (tertiary/aromatic N) is 2. The van der Waals surface area contributed by atoms with E-state index in [0.29, 0.717) is 37.0 Å². The highest BCUT2D eigenvalue weighted by Crippen LogP contribution is 2.28. The molecule has 36 heavy (non-hydrogen) atoms. The van der Waals surface area contributed by atoms with Crippen LogP contribution in [0.1, 0.15) is 60.2 Å². The summed E-state index contributed by atoms with van der Waals surface area (Å²) in [5.41, 5.74) is 0.400. The van der Waals surface area contributed by atoms with E-state index in [9.17, 15) is 9.59 Å². The van der Waals surface area contributed by atoms with Crippen LogP contribution in [0.3, 0.4) is 0 Å². The van der Waals surface area contributed by atoms with Crippen LogP contribution >= 0.6 is 0 Å². The van der Waals surface area contributed by atoms with Gasteiger partial charge in [0.15, 0.2) is 11.8 Å². The van der Waals surface area contributed by atoms with E-state index >= 15 is 0 Å². The topological polar surface area (TPSA) is 88.2 Å². The van der Waals surface area contributed by atoms with Crippen molar-refractivity contribution >= 4 is 11.8 Å². The maximum Gasteiger partial charge on any atom is 0.290 e. The molecule has 2 amide bonds. The van der Waals surface area contributed by atoms with Gasteiger partial charge in [-0.05, 0) is 57.5 Å². The minimum atomic E-state index is -0.974. The number of aryl methyl sites for hydroxylation is 1. The monoisotopic (exact) mass is 493 g/mol. The molecule has 1 aliphatic rings. The van der Waals surface area contributed by atoms with Gasteiger partial charge in [-0.15, -0.1) is 0 Å². The van der Waals surface area contributed by atoms with E-state index < -0.39 is 11.6 Å². The smallest absolute Gasteiger partial charge is 0.290 e. The lowest BCUT2D eigenvalue weighted by Crippen LogP contribution is -2.49. The largest absolute Gasteiger partial charge is 0.464 e. The predicted octanol–water partition coefficient (Wildman–Crippen LogP) is 4.31. The number of carbonyl (C=O) groups excluding carboxylic acids is 2. The molecule has 0 bridgehead atoms. The Hall–Kier alpha value is -3.36. The lowest BCUT2D eigenvalue weighted by Gasteiger charge is -2.32. The third-order valence-corrected chi connectivity index (χ3v) is 5.90. The maximum atomic E-state index is 13.9. The van der Waals surface area contributed by atoms with Crippen LogP contribution in [0.25, 0.3) is 0 Å². The van der Waals surface area contributed by atoms with Crippen molar-refractivity contribution in [1.82, 2.24) is 15.1 Å². The van der Waals surface area contributed by atoms with E-state index in [2.05, 4.69) is 10.2 Å². The van der Waals surface area contributed by atoms with Crippen LogP contribution in [0.4, 0.5) is 0 Å². The van der Waals surface area contributed by atoms with Gasteiger partial charge in [0.1, 0.15) is 17.3 Å². The summed E-state index contributed by atoms with van der Waals surface area (Å²) in [4.78, 5) is 31.3. The Balaban J connectivity index is 1.67. The van der Waals surface area contributed by atoms with Crippen LogP contribution in [0.2, 0.25) is 0 Å². The molecule has 0 radical (unpaired) electrons. The van der Waals surface area contributed by atoms with Crippen LogP contribution in [0.5, 0.6) is 0 Å². The number of amides is 2. The molecule has 1 aliphatic heterocycles. The molecule has 1 saturated heterocycles. The Kier molecular flexibility index (Phi) is 7.96. The minimum Gasteiger partial charge on any atom is -0.464 e. The highest BCUT2D eigenvalue weighted by Gasteiger charge is 2.37. The zero-order valence-electron chi connectivity index (χ0n) is 21.5. The molecule has 0 aliphatic carbocycles. The number of furan rings is 2. The normalized spacial score (nSPS) is 15.4. The average molecular weight is 494 g/mol. The second-order valence-electron chi connectivity index (χ2n) is 10.2. The van der Waals surface area contributed by atoms with E-state index in [0.717, 1.165) is 18.7 Å². The fraction of sp³-hybridized carbons (Fsp3) is 0.429. The van der Waals surface area contributed by atoms with E-state index in [1.807, 2.05) is 64.1 Å². The summed E-state index contributed by atoms with van der Waals surface area (Å²) in [7, 11) is 0. The lowest BCUT2D eigenvalue weighted by molar-refractivity contribution is -0.128. The zero-order chi connectivity index (χ0) is 25.7. The summed E-state index contributed by atoms with van der Waals surface area (Å²) in [6.07, 6.45) is 0. The third kappa shape index (κ3) is 6.65. The standard InChI is InChI=1S/C28H35N3O5/c1-20-10-12-23(35-20)25(26(32)29-28(2,3)4)31(18-21-8-6-5-7-9-21)27(33)24-13-11-22(36-24)19-30-14-16-34-17-15-30/h5-13,25H,14-19H2,1-4H3,(H,29,32). The second kappa shape index (κ2) is 11.1. The van der Waals surface area contributed by atoms with E-state index in [4.69, 9.17) is 13.6 Å². The zero-order valence-corrected chi connectivity index (χ0v) is 21.5. The number of ether oxygens (including phenoxy) is 1. The fourth-order valence-corrected chi connectivity index (χ4v) is 4.22. The fourth-order valence-electron chi connectivity index (χ4n) is 4.22. The van der Waals surface area contributed by atoms with Crippen molar-refractivity contribution in [2.45, 2.75) is 52.4 Å². The Morgan fingerprint density at radius 3 is 2.36 bits per heavy atom. The van der Waals surface area contributed by atoms with Gasteiger partial charge in [-0.1, -0.05) is 30.3 Å². The molecule has 1 N–H and O–H groups in total. The van der Waals surface area contributed by atoms with Gasteiger partial charge in [0.05, 0.1) is 19.8 Å². The van der Waals surface area contributed by atoms with Gasteiger partial charge in [0, 0.05) is 25.2 Å². The van der Waals surface area contributed by atoms with E-state index in [1.54, 1.807) is 18.2 Å². The summed E-state index contributed by atoms with van der Waals surface area (Å²) in [6.45, 7) is 11.3. The van der Waals surface area contributed by atoms with Gasteiger partial charge in [-0.25, -0.2) is 0 Å². The van der Waals surface area contributed by atoms with Crippen molar-refractivity contribution in [3.8, 4) is 0 Å². The van der Waals surface area contributed by atoms with E-state index in [-0.39, 0.29) is 24.1 Å². The molecule has 1 aromatic carbocycles. The van der Waals surface area contributed by atoms with Crippen molar-refractivity contribution in [3.63, 3.8) is 0 Å². The van der Waals surface area contributed by atoms with Gasteiger partial charge in [-0.2, -0.15) is 0 Å². The summed E-state index contributed by atoms with van der Waals surface area (Å²) in [6, 6.07) is 15.7. The minimum absolute atomic E-state index is 0.186. The van der Waals surface area contributed by atoms with Crippen LogP contribution in [-0.2, 0) is 22.6 Å². The molecule has 0 saturated carbocycles. The molecule has 3 aromatic rings. The van der Waals surface area contributed by atoms with Crippen LogP contribution < -0.4 is 5.32 Å². The first-order valence-electron chi connectivity index (χ1n) is 12.3. The maximum absolute atomic E-state index is 13.9. The molecule has 192 valence electrons. The summed E-state index contributed by atoms with van der Waals surface area (Å²) < 4.78 is 17.3. The Labute approximate surface area is 212 Å². The molecule has 8 heteroatoms. The highest BCUT2D eigenvalue weighted by atomic mass is 16.5. The number of benzene rings is 1. The summed E-state index contributed by atoms with van der Waals surface area (Å²) >= 11 is 0. The number of hydrogen-bond acceptors (Lipinski definition) is 6. The van der Waals surface area contributed by atoms with Gasteiger partial charge >= 0.3 is 0 Å². The number of morpholine rings is 1. The van der Waals surface area contributed by atoms with Crippen molar-refractivity contribution in [1.29, 1.82) is 0 Å². The van der Waals surface area contributed by atoms with Crippen LogP contribution in [0, 0.1) is 6.92 Å². The number of carbonyl (C=O) groups is 2. The molecule has 1 unspecified atom stereocenters. The summed E-state index contributed by atoms with van der Waals surface area (Å²) in [5, 5.41) is 3.02. The molecule has 0 spiro atoms. The molecular formula is C28H35N3O5. The number of hydrogen-bond donors (Lipinski definition) is 1. The van der Waals surface area contributed by atoms with Crippen molar-refractivity contribution in [2.75, 3.05) is 26.3 Å². The molecule has 4 rings (SSSR count). The second-order valence-corrected chi connectivity index (χ2v) is 10.2. The molecule has 2 aromatic heterocycles. The first-order chi connectivity index (χ1) is 17.2. The Morgan fingerprint density at radius 1 is 1.00 bits per heavy atom. The summed E-state index contributed by atoms with van der Waals surface area (Å²) in [5.74, 6) is 1.25. The quantitative estimate of drug-likeness (QED) is 0.503. The van der Waals surface area contributed by atoms with Crippen LogP contribution in [0.15, 0.2) is 63.4 Å². The Morgan fingerprint density at radius 2 is 1.72 bits per heavy atom. The number of nitrogens with one attached hydrogen (secondary N) is 1. The Bertz CT molecular complexity index is 1160. The van der Waals surface area contributed by atoms with Crippen LogP contribution in [-0.4, -0.2) is 53.5 Å². The highest BCUT2D eigenvalue weighted by molar-refractivity contribution is 5.96. The number of rotatable bonds is 8. The average Bonchev–Trinajstić information content (AvgIpc) is 3.47. The van der Waals surface area contributed by atoms with Gasteiger partial charge in [-0.3, -0.25) is 14.5 Å². The lowest BCUT2D eigenvalue weighted by atomic mass is 10.1. The first-order valence-corrected chi connectivity index (χ1v) is 12.3. The van der Waals surface area contributed by atoms with Gasteiger partial charge in [0.2, 0.25) is 0 Å². The van der Waals surface area contributed by atoms with Crippen molar-refractivity contribution in [3.05, 3.63) is 83.2 Å². The third-order valence-electron chi connectivity index (χ3n) is 5.90. The first kappa shape index (κ1) is 25.7. The molecule has 1 atom stereocenters. The molecule has 8 nitrogen and oxygen atoms in total. The SMILES string of the molecule is Cc1ccc(C(C(=O)NC(C)(C)C)N(Cc2ccccc2)C(=O)c2ccc(CN3CCOCC3)o2)o1.